The van der Waals surface area contributed by atoms with E-state index in [0.717, 1.165) is 0 Å². The molecule has 0 saturated carbocycles. The fourth-order valence-electron chi connectivity index (χ4n) is 0.814. The summed E-state index contributed by atoms with van der Waals surface area (Å²) in [6.45, 7) is 5.79. The van der Waals surface area contributed by atoms with E-state index >= 15 is 0 Å². The van der Waals surface area contributed by atoms with Crippen molar-refractivity contribution in [2.75, 3.05) is 0 Å². The Balaban J connectivity index is 2.66. The van der Waals surface area contributed by atoms with Crippen LogP contribution in [0.2, 0.25) is 0 Å². The SMILES string of the molecule is C=CCCCCC[CH]C. The summed E-state index contributed by atoms with van der Waals surface area (Å²) in [6.07, 6.45) is 10.7. The molecule has 0 atom stereocenters. The van der Waals surface area contributed by atoms with E-state index in [1.165, 1.54) is 32.1 Å². The molecule has 0 aromatic rings. The third-order valence-corrected chi connectivity index (χ3v) is 1.40. The minimum Gasteiger partial charge on any atom is -0.103 e. The van der Waals surface area contributed by atoms with Gasteiger partial charge in [0.05, 0.1) is 0 Å². The quantitative estimate of drug-likeness (QED) is 0.377. The molecule has 0 unspecified atom stereocenters. The van der Waals surface area contributed by atoms with Gasteiger partial charge in [0.15, 0.2) is 0 Å². The molecule has 0 saturated heterocycles. The zero-order valence-electron chi connectivity index (χ0n) is 6.40. The lowest BCUT2D eigenvalue weighted by Gasteiger charge is -1.94. The Kier molecular flexibility index (Phi) is 7.52. The zero-order valence-corrected chi connectivity index (χ0v) is 6.40. The van der Waals surface area contributed by atoms with Gasteiger partial charge in [0.1, 0.15) is 0 Å². The molecule has 0 aliphatic rings. The van der Waals surface area contributed by atoms with E-state index in [9.17, 15) is 0 Å². The van der Waals surface area contributed by atoms with Gasteiger partial charge in [-0.1, -0.05) is 32.3 Å². The van der Waals surface area contributed by atoms with Crippen LogP contribution in [0.5, 0.6) is 0 Å². The number of hydrogen-bond acceptors (Lipinski definition) is 0. The van der Waals surface area contributed by atoms with Crippen molar-refractivity contribution in [3.05, 3.63) is 19.1 Å². The molecule has 0 rings (SSSR count). The fraction of sp³-hybridized carbons (Fsp3) is 0.667. The molecule has 53 valence electrons. The lowest BCUT2D eigenvalue weighted by Crippen LogP contribution is -1.75. The van der Waals surface area contributed by atoms with Crippen LogP contribution in [-0.2, 0) is 0 Å². The number of hydrogen-bond donors (Lipinski definition) is 0. The second-order valence-corrected chi connectivity index (χ2v) is 2.33. The van der Waals surface area contributed by atoms with Crippen molar-refractivity contribution in [1.29, 1.82) is 0 Å². The van der Waals surface area contributed by atoms with Crippen molar-refractivity contribution in [2.45, 2.75) is 39.0 Å². The predicted octanol–water partition coefficient (Wildman–Crippen LogP) is 3.35. The molecule has 0 aliphatic heterocycles. The first kappa shape index (κ1) is 8.74. The Labute approximate surface area is 59.0 Å². The van der Waals surface area contributed by atoms with Crippen LogP contribution in [0.4, 0.5) is 0 Å². The molecule has 0 heteroatoms. The van der Waals surface area contributed by atoms with Gasteiger partial charge < -0.3 is 0 Å². The molecule has 0 bridgehead atoms. The number of unbranched alkanes of at least 4 members (excludes halogenated alkanes) is 5. The largest absolute Gasteiger partial charge is 0.103 e. The van der Waals surface area contributed by atoms with E-state index < -0.39 is 0 Å². The lowest BCUT2D eigenvalue weighted by atomic mass is 10.1. The maximum atomic E-state index is 3.67. The molecule has 0 heterocycles. The standard InChI is InChI=1S/C9H17/c1-3-5-7-9-8-6-4-2/h3-4H,1,5-9H2,2H3. The van der Waals surface area contributed by atoms with E-state index in [4.69, 9.17) is 0 Å². The second kappa shape index (κ2) is 7.74. The molecule has 0 aliphatic carbocycles. The number of rotatable bonds is 6. The highest BCUT2D eigenvalue weighted by Gasteiger charge is 1.84. The topological polar surface area (TPSA) is 0 Å². The van der Waals surface area contributed by atoms with Gasteiger partial charge in [-0.3, -0.25) is 0 Å². The zero-order chi connectivity index (χ0) is 6.95. The molecule has 0 N–H and O–H groups in total. The summed E-state index contributed by atoms with van der Waals surface area (Å²) in [5, 5.41) is 0. The van der Waals surface area contributed by atoms with Crippen molar-refractivity contribution in [3.8, 4) is 0 Å². The average Bonchev–Trinajstić information content (AvgIpc) is 1.89. The predicted molar refractivity (Wildman–Crippen MR) is 43.3 cm³/mol. The summed E-state index contributed by atoms with van der Waals surface area (Å²) in [5.74, 6) is 0. The summed E-state index contributed by atoms with van der Waals surface area (Å²) in [6, 6.07) is 0. The van der Waals surface area contributed by atoms with Crippen molar-refractivity contribution in [3.63, 3.8) is 0 Å². The first-order valence-electron chi connectivity index (χ1n) is 3.80. The van der Waals surface area contributed by atoms with Gasteiger partial charge in [-0.2, -0.15) is 0 Å². The maximum Gasteiger partial charge on any atom is -0.0353 e. The van der Waals surface area contributed by atoms with Crippen LogP contribution in [0.15, 0.2) is 12.7 Å². The average molecular weight is 125 g/mol. The smallest absolute Gasteiger partial charge is 0.0353 e. The summed E-state index contributed by atoms with van der Waals surface area (Å²) >= 11 is 0. The highest BCUT2D eigenvalue weighted by Crippen LogP contribution is 2.03. The van der Waals surface area contributed by atoms with Crippen LogP contribution in [0.1, 0.15) is 39.0 Å². The van der Waals surface area contributed by atoms with Gasteiger partial charge in [0.2, 0.25) is 0 Å². The van der Waals surface area contributed by atoms with Crippen molar-refractivity contribution >= 4 is 0 Å². The van der Waals surface area contributed by atoms with Crippen LogP contribution in [0.3, 0.4) is 0 Å². The first-order valence-corrected chi connectivity index (χ1v) is 3.80. The van der Waals surface area contributed by atoms with Gasteiger partial charge in [0, 0.05) is 0 Å². The highest BCUT2D eigenvalue weighted by atomic mass is 13.9. The van der Waals surface area contributed by atoms with E-state index in [1.54, 1.807) is 0 Å². The summed E-state index contributed by atoms with van der Waals surface area (Å²) in [5.41, 5.74) is 0. The van der Waals surface area contributed by atoms with Crippen LogP contribution < -0.4 is 0 Å². The molecule has 0 fully saturated rings. The summed E-state index contributed by atoms with van der Waals surface area (Å²) in [4.78, 5) is 0. The van der Waals surface area contributed by atoms with Gasteiger partial charge in [-0.15, -0.1) is 6.58 Å². The van der Waals surface area contributed by atoms with E-state index in [0.29, 0.717) is 0 Å². The Morgan fingerprint density at radius 2 is 1.78 bits per heavy atom. The van der Waals surface area contributed by atoms with Crippen LogP contribution >= 0.6 is 0 Å². The van der Waals surface area contributed by atoms with Crippen molar-refractivity contribution in [2.24, 2.45) is 0 Å². The molecule has 0 aromatic heterocycles. The fourth-order valence-corrected chi connectivity index (χ4v) is 0.814. The molecule has 0 amide bonds. The normalized spacial score (nSPS) is 9.44. The second-order valence-electron chi connectivity index (χ2n) is 2.33. The van der Waals surface area contributed by atoms with Gasteiger partial charge in [-0.25, -0.2) is 0 Å². The van der Waals surface area contributed by atoms with Crippen molar-refractivity contribution in [1.82, 2.24) is 0 Å². The van der Waals surface area contributed by atoms with E-state index in [-0.39, 0.29) is 0 Å². The molecule has 9 heavy (non-hydrogen) atoms. The molecule has 0 nitrogen and oxygen atoms in total. The molecule has 1 radical (unpaired) electrons. The van der Waals surface area contributed by atoms with Crippen LogP contribution in [0.25, 0.3) is 0 Å². The van der Waals surface area contributed by atoms with E-state index in [1.807, 2.05) is 6.08 Å². The van der Waals surface area contributed by atoms with Crippen molar-refractivity contribution < 1.29 is 0 Å². The Hall–Kier alpha value is -0.260. The Bertz CT molecular complexity index is 55.1. The maximum absolute atomic E-state index is 3.67. The molecular weight excluding hydrogens is 108 g/mol. The number of allylic oxidation sites excluding steroid dienone is 1. The van der Waals surface area contributed by atoms with E-state index in [2.05, 4.69) is 19.9 Å². The minimum absolute atomic E-state index is 1.18. The van der Waals surface area contributed by atoms with Crippen LogP contribution in [-0.4, -0.2) is 0 Å². The molecule has 0 aromatic carbocycles. The third kappa shape index (κ3) is 7.74. The van der Waals surface area contributed by atoms with Gasteiger partial charge in [-0.05, 0) is 19.3 Å². The first-order chi connectivity index (χ1) is 4.41. The Morgan fingerprint density at radius 3 is 2.33 bits per heavy atom. The molecular formula is C9H17. The Morgan fingerprint density at radius 1 is 1.11 bits per heavy atom. The minimum atomic E-state index is 1.18. The van der Waals surface area contributed by atoms with Gasteiger partial charge >= 0.3 is 0 Å². The summed E-state index contributed by atoms with van der Waals surface area (Å²) < 4.78 is 0. The highest BCUT2D eigenvalue weighted by molar-refractivity contribution is 4.66. The van der Waals surface area contributed by atoms with Gasteiger partial charge in [0.25, 0.3) is 0 Å². The monoisotopic (exact) mass is 125 g/mol. The third-order valence-electron chi connectivity index (χ3n) is 1.40. The van der Waals surface area contributed by atoms with Crippen LogP contribution in [0, 0.1) is 6.42 Å². The lowest BCUT2D eigenvalue weighted by molar-refractivity contribution is 0.682. The summed E-state index contributed by atoms with van der Waals surface area (Å²) in [7, 11) is 0. The molecule has 0 spiro atoms.